The van der Waals surface area contributed by atoms with Crippen LogP contribution >= 0.6 is 0 Å². The number of esters is 1. The number of rotatable bonds is 12. The molecule has 6 aromatic rings. The molecule has 0 aliphatic rings. The zero-order valence-corrected chi connectivity index (χ0v) is 29.1. The molecule has 0 atom stereocenters. The van der Waals surface area contributed by atoms with Crippen molar-refractivity contribution in [3.05, 3.63) is 179 Å². The summed E-state index contributed by atoms with van der Waals surface area (Å²) in [6, 6.07) is 26.9. The van der Waals surface area contributed by atoms with Gasteiger partial charge in [-0.3, -0.25) is 19.6 Å². The molecule has 0 spiro atoms. The molecule has 0 radical (unpaired) electrons. The maximum absolute atomic E-state index is 13.0. The SMILES string of the molecule is COC(=O)c1ccc(CNC(=O)c2cnccc2Oc2ccc(F)cc2)cc1.O=C(O)c1ccc(CNC(=O)c2cnccc2Oc2ccc(F)cc2)cc1. The van der Waals surface area contributed by atoms with Crippen molar-refractivity contribution in [2.24, 2.45) is 0 Å². The summed E-state index contributed by atoms with van der Waals surface area (Å²) in [7, 11) is 1.32. The number of hydrogen-bond acceptors (Lipinski definition) is 9. The second-order valence-electron chi connectivity index (χ2n) is 11.4. The topological polar surface area (TPSA) is 166 Å². The number of nitrogens with one attached hydrogen (secondary N) is 2. The van der Waals surface area contributed by atoms with Gasteiger partial charge in [0.1, 0.15) is 45.8 Å². The normalized spacial score (nSPS) is 10.2. The molecule has 12 nitrogen and oxygen atoms in total. The van der Waals surface area contributed by atoms with Crippen LogP contribution in [0.15, 0.2) is 134 Å². The molecule has 14 heteroatoms. The summed E-state index contributed by atoms with van der Waals surface area (Å²) >= 11 is 0. The van der Waals surface area contributed by atoms with Gasteiger partial charge in [0, 0.05) is 37.9 Å². The summed E-state index contributed by atoms with van der Waals surface area (Å²) in [4.78, 5) is 55.2. The lowest BCUT2D eigenvalue weighted by Gasteiger charge is -2.11. The molecule has 0 saturated heterocycles. The second-order valence-corrected chi connectivity index (χ2v) is 11.4. The van der Waals surface area contributed by atoms with Crippen LogP contribution < -0.4 is 20.1 Å². The lowest BCUT2D eigenvalue weighted by atomic mass is 10.1. The molecular formula is C41H32F2N4O8. The Bertz CT molecular complexity index is 2250. The van der Waals surface area contributed by atoms with Crippen LogP contribution in [0.25, 0.3) is 0 Å². The van der Waals surface area contributed by atoms with Gasteiger partial charge < -0.3 is 30.0 Å². The average molecular weight is 747 g/mol. The summed E-state index contributed by atoms with van der Waals surface area (Å²) in [6.45, 7) is 0.467. The number of carboxylic acids is 1. The molecule has 0 saturated carbocycles. The predicted octanol–water partition coefficient (Wildman–Crippen LogP) is 7.37. The van der Waals surface area contributed by atoms with Crippen LogP contribution in [0.1, 0.15) is 52.6 Å². The predicted molar refractivity (Wildman–Crippen MR) is 195 cm³/mol. The van der Waals surface area contributed by atoms with Gasteiger partial charge in [-0.05, 0) is 96.1 Å². The first-order chi connectivity index (χ1) is 26.6. The summed E-state index contributed by atoms with van der Waals surface area (Å²) < 4.78 is 42.0. The lowest BCUT2D eigenvalue weighted by molar-refractivity contribution is 0.0599. The third kappa shape index (κ3) is 11.3. The fourth-order valence-corrected chi connectivity index (χ4v) is 4.74. The van der Waals surface area contributed by atoms with E-state index < -0.39 is 17.8 Å². The molecule has 0 bridgehead atoms. The number of nitrogens with zero attached hydrogens (tertiary/aromatic N) is 2. The molecule has 2 heterocycles. The summed E-state index contributed by atoms with van der Waals surface area (Å²) in [5.41, 5.74) is 2.64. The number of carbonyl (C=O) groups is 4. The van der Waals surface area contributed by atoms with Crippen LogP contribution in [0.4, 0.5) is 8.78 Å². The van der Waals surface area contributed by atoms with Gasteiger partial charge in [0.15, 0.2) is 0 Å². The van der Waals surface area contributed by atoms with Crippen molar-refractivity contribution in [1.29, 1.82) is 0 Å². The molecule has 0 fully saturated rings. The number of amides is 2. The third-order valence-corrected chi connectivity index (χ3v) is 7.62. The molecule has 0 aliphatic heterocycles. The number of halogens is 2. The van der Waals surface area contributed by atoms with E-state index in [4.69, 9.17) is 14.6 Å². The van der Waals surface area contributed by atoms with Crippen LogP contribution in [0.5, 0.6) is 23.0 Å². The minimum Gasteiger partial charge on any atom is -0.478 e. The number of ether oxygens (including phenoxy) is 3. The van der Waals surface area contributed by atoms with E-state index in [1.165, 1.54) is 92.6 Å². The van der Waals surface area contributed by atoms with Gasteiger partial charge in [0.05, 0.1) is 18.2 Å². The van der Waals surface area contributed by atoms with E-state index in [9.17, 15) is 28.0 Å². The molecule has 6 rings (SSSR count). The zero-order chi connectivity index (χ0) is 39.2. The van der Waals surface area contributed by atoms with E-state index >= 15 is 0 Å². The van der Waals surface area contributed by atoms with Crippen molar-refractivity contribution in [2.45, 2.75) is 13.1 Å². The fourth-order valence-electron chi connectivity index (χ4n) is 4.74. The van der Waals surface area contributed by atoms with Crippen LogP contribution in [-0.4, -0.2) is 45.9 Å². The molecule has 0 aliphatic carbocycles. The summed E-state index contributed by atoms with van der Waals surface area (Å²) in [5.74, 6) is -1.58. The standard InChI is InChI=1S/C21H17FN2O4.C20H15FN2O4/c1-27-21(26)15-4-2-14(3-5-15)12-24-20(25)18-13-23-11-10-19(18)28-17-8-6-16(22)7-9-17;21-15-5-7-16(8-6-15)27-18-9-10-22-12-17(18)19(24)23-11-13-1-3-14(4-2-13)20(25)26/h2-11,13H,12H2,1H3,(H,24,25);1-10,12H,11H2,(H,23,24)(H,25,26). The minimum atomic E-state index is -1.01. The summed E-state index contributed by atoms with van der Waals surface area (Å²) in [6.07, 6.45) is 5.76. The van der Waals surface area contributed by atoms with Gasteiger partial charge in [0.2, 0.25) is 0 Å². The Labute approximate surface area is 313 Å². The highest BCUT2D eigenvalue weighted by atomic mass is 19.1. The van der Waals surface area contributed by atoms with Gasteiger partial charge in [-0.2, -0.15) is 0 Å². The first kappa shape index (κ1) is 38.7. The van der Waals surface area contributed by atoms with Gasteiger partial charge in [-0.15, -0.1) is 0 Å². The number of methoxy groups -OCH3 is 1. The highest BCUT2D eigenvalue weighted by Crippen LogP contribution is 2.26. The quantitative estimate of drug-likeness (QED) is 0.108. The largest absolute Gasteiger partial charge is 0.478 e. The highest BCUT2D eigenvalue weighted by Gasteiger charge is 2.15. The molecule has 0 unspecified atom stereocenters. The number of carboxylic acid groups (broad SMARTS) is 1. The van der Waals surface area contributed by atoms with Gasteiger partial charge in [0.25, 0.3) is 11.8 Å². The van der Waals surface area contributed by atoms with Crippen molar-refractivity contribution in [3.8, 4) is 23.0 Å². The van der Waals surface area contributed by atoms with Crippen molar-refractivity contribution >= 4 is 23.8 Å². The maximum Gasteiger partial charge on any atom is 0.337 e. The maximum atomic E-state index is 13.0. The van der Waals surface area contributed by atoms with E-state index in [1.54, 1.807) is 48.5 Å². The Morgan fingerprint density at radius 1 is 0.582 bits per heavy atom. The molecule has 55 heavy (non-hydrogen) atoms. The van der Waals surface area contributed by atoms with Crippen molar-refractivity contribution < 1.29 is 47.3 Å². The van der Waals surface area contributed by atoms with E-state index in [2.05, 4.69) is 25.3 Å². The van der Waals surface area contributed by atoms with Crippen LogP contribution in [-0.2, 0) is 17.8 Å². The lowest BCUT2D eigenvalue weighted by Crippen LogP contribution is -2.23. The first-order valence-electron chi connectivity index (χ1n) is 16.4. The van der Waals surface area contributed by atoms with Gasteiger partial charge in [-0.25, -0.2) is 18.4 Å². The Balaban J connectivity index is 0.000000211. The zero-order valence-electron chi connectivity index (χ0n) is 29.1. The highest BCUT2D eigenvalue weighted by molar-refractivity contribution is 5.97. The number of pyridine rings is 2. The Morgan fingerprint density at radius 2 is 0.982 bits per heavy atom. The molecule has 3 N–H and O–H groups in total. The molecule has 2 aromatic heterocycles. The van der Waals surface area contributed by atoms with E-state index in [-0.39, 0.29) is 53.1 Å². The van der Waals surface area contributed by atoms with Crippen molar-refractivity contribution in [1.82, 2.24) is 20.6 Å². The average Bonchev–Trinajstić information content (AvgIpc) is 3.21. The van der Waals surface area contributed by atoms with Crippen LogP contribution in [0, 0.1) is 11.6 Å². The molecule has 278 valence electrons. The Hall–Kier alpha value is -7.48. The Kier molecular flexibility index (Phi) is 13.3. The van der Waals surface area contributed by atoms with Crippen LogP contribution in [0.2, 0.25) is 0 Å². The second kappa shape index (κ2) is 18.8. The number of aromatic carboxylic acids is 1. The number of aromatic nitrogens is 2. The van der Waals surface area contributed by atoms with Crippen molar-refractivity contribution in [2.75, 3.05) is 7.11 Å². The molecule has 2 amide bonds. The minimum absolute atomic E-state index is 0.173. The summed E-state index contributed by atoms with van der Waals surface area (Å²) in [5, 5.41) is 14.4. The first-order valence-corrected chi connectivity index (χ1v) is 16.4. The van der Waals surface area contributed by atoms with E-state index in [0.29, 0.717) is 22.8 Å². The van der Waals surface area contributed by atoms with E-state index in [0.717, 1.165) is 11.1 Å². The van der Waals surface area contributed by atoms with Gasteiger partial charge >= 0.3 is 11.9 Å². The third-order valence-electron chi connectivity index (χ3n) is 7.62. The monoisotopic (exact) mass is 746 g/mol. The smallest absolute Gasteiger partial charge is 0.337 e. The number of hydrogen-bond donors (Lipinski definition) is 3. The van der Waals surface area contributed by atoms with Crippen molar-refractivity contribution in [3.63, 3.8) is 0 Å². The number of carbonyl (C=O) groups excluding carboxylic acids is 3. The fraction of sp³-hybridized carbons (Fsp3) is 0.0732. The Morgan fingerprint density at radius 3 is 1.36 bits per heavy atom. The van der Waals surface area contributed by atoms with Gasteiger partial charge in [-0.1, -0.05) is 24.3 Å². The van der Waals surface area contributed by atoms with Crippen LogP contribution in [0.3, 0.4) is 0 Å². The van der Waals surface area contributed by atoms with E-state index in [1.807, 2.05) is 0 Å². The molecular weight excluding hydrogens is 714 g/mol. The number of benzene rings is 4. The molecule has 4 aromatic carbocycles.